The monoisotopic (exact) mass is 261 g/mol. The highest BCUT2D eigenvalue weighted by Gasteiger charge is 2.12. The number of piperidine rings is 1. The molecule has 2 aliphatic heterocycles. The van der Waals surface area contributed by atoms with Crippen LogP contribution in [0.2, 0.25) is 0 Å². The van der Waals surface area contributed by atoms with Gasteiger partial charge in [0.2, 0.25) is 0 Å². The molecule has 0 spiro atoms. The van der Waals surface area contributed by atoms with E-state index in [9.17, 15) is 0 Å². The summed E-state index contributed by atoms with van der Waals surface area (Å²) >= 11 is 0. The number of aryl methyl sites for hydroxylation is 1. The highest BCUT2D eigenvalue weighted by Crippen LogP contribution is 2.28. The van der Waals surface area contributed by atoms with Gasteiger partial charge in [-0.3, -0.25) is 4.90 Å². The minimum atomic E-state index is 0.791. The Morgan fingerprint density at radius 2 is 2.00 bits per heavy atom. The largest absolute Gasteiger partial charge is 0.493 e. The molecule has 0 saturated carbocycles. The van der Waals surface area contributed by atoms with E-state index >= 15 is 0 Å². The quantitative estimate of drug-likeness (QED) is 0.832. The summed E-state index contributed by atoms with van der Waals surface area (Å²) in [4.78, 5) is 2.50. The number of hydrogen-bond acceptors (Lipinski definition) is 3. The maximum absolute atomic E-state index is 5.88. The second kappa shape index (κ2) is 6.29. The zero-order valence-corrected chi connectivity index (χ0v) is 11.6. The maximum Gasteiger partial charge on any atom is 0.122 e. The summed E-state index contributed by atoms with van der Waals surface area (Å²) in [6.07, 6.45) is 6.30. The van der Waals surface area contributed by atoms with Gasteiger partial charge in [0.1, 0.15) is 18.1 Å². The van der Waals surface area contributed by atoms with Crippen molar-refractivity contribution in [2.45, 2.75) is 32.1 Å². The first-order valence-electron chi connectivity index (χ1n) is 7.53. The van der Waals surface area contributed by atoms with E-state index in [1.807, 2.05) is 12.1 Å². The van der Waals surface area contributed by atoms with Crippen LogP contribution in [-0.2, 0) is 6.42 Å². The van der Waals surface area contributed by atoms with Crippen molar-refractivity contribution in [2.75, 3.05) is 32.8 Å². The summed E-state index contributed by atoms with van der Waals surface area (Å²) in [6.45, 7) is 5.16. The van der Waals surface area contributed by atoms with Gasteiger partial charge in [0, 0.05) is 6.54 Å². The summed E-state index contributed by atoms with van der Waals surface area (Å²) in [5, 5.41) is 0. The molecule has 19 heavy (non-hydrogen) atoms. The van der Waals surface area contributed by atoms with E-state index in [2.05, 4.69) is 11.0 Å². The van der Waals surface area contributed by atoms with Gasteiger partial charge < -0.3 is 9.47 Å². The third-order valence-electron chi connectivity index (χ3n) is 4.00. The Morgan fingerprint density at radius 3 is 2.89 bits per heavy atom. The molecular weight excluding hydrogens is 238 g/mol. The molecule has 1 saturated heterocycles. The lowest BCUT2D eigenvalue weighted by molar-refractivity contribution is 0.183. The van der Waals surface area contributed by atoms with E-state index in [0.717, 1.165) is 44.1 Å². The molecule has 0 unspecified atom stereocenters. The van der Waals surface area contributed by atoms with Crippen molar-refractivity contribution >= 4 is 0 Å². The SMILES string of the molecule is c1cc2c(cc1OCCN1CCCCC1)CCCO2. The molecule has 0 aliphatic carbocycles. The van der Waals surface area contributed by atoms with Crippen LogP contribution in [0.3, 0.4) is 0 Å². The Bertz CT molecular complexity index is 413. The molecule has 104 valence electrons. The van der Waals surface area contributed by atoms with E-state index in [0.29, 0.717) is 0 Å². The van der Waals surface area contributed by atoms with Gasteiger partial charge in [-0.2, -0.15) is 0 Å². The predicted octanol–water partition coefficient (Wildman–Crippen LogP) is 2.88. The molecule has 2 heterocycles. The average molecular weight is 261 g/mol. The van der Waals surface area contributed by atoms with Crippen LogP contribution in [0.4, 0.5) is 0 Å². The van der Waals surface area contributed by atoms with Gasteiger partial charge in [-0.05, 0) is 62.5 Å². The number of ether oxygens (including phenoxy) is 2. The van der Waals surface area contributed by atoms with Crippen LogP contribution in [0.15, 0.2) is 18.2 Å². The number of benzene rings is 1. The lowest BCUT2D eigenvalue weighted by Crippen LogP contribution is -2.33. The van der Waals surface area contributed by atoms with Crippen LogP contribution in [0.5, 0.6) is 11.5 Å². The highest BCUT2D eigenvalue weighted by atomic mass is 16.5. The highest BCUT2D eigenvalue weighted by molar-refractivity contribution is 5.41. The Labute approximate surface area is 115 Å². The molecule has 3 nitrogen and oxygen atoms in total. The number of rotatable bonds is 4. The van der Waals surface area contributed by atoms with Crippen molar-refractivity contribution in [1.29, 1.82) is 0 Å². The minimum absolute atomic E-state index is 0.791. The molecule has 3 heteroatoms. The van der Waals surface area contributed by atoms with E-state index in [-0.39, 0.29) is 0 Å². The fraction of sp³-hybridized carbons (Fsp3) is 0.625. The van der Waals surface area contributed by atoms with E-state index in [1.165, 1.54) is 37.9 Å². The van der Waals surface area contributed by atoms with Crippen LogP contribution in [0.25, 0.3) is 0 Å². The number of hydrogen-bond donors (Lipinski definition) is 0. The third-order valence-corrected chi connectivity index (χ3v) is 4.00. The van der Waals surface area contributed by atoms with Crippen LogP contribution in [0.1, 0.15) is 31.2 Å². The molecule has 0 aromatic heterocycles. The number of likely N-dealkylation sites (tertiary alicyclic amines) is 1. The average Bonchev–Trinajstić information content (AvgIpc) is 2.48. The van der Waals surface area contributed by atoms with Crippen LogP contribution in [0, 0.1) is 0 Å². The molecule has 0 radical (unpaired) electrons. The van der Waals surface area contributed by atoms with Gasteiger partial charge in [0.05, 0.1) is 6.61 Å². The Morgan fingerprint density at radius 1 is 1.11 bits per heavy atom. The normalized spacial score (nSPS) is 19.6. The summed E-state index contributed by atoms with van der Waals surface area (Å²) in [7, 11) is 0. The van der Waals surface area contributed by atoms with Gasteiger partial charge >= 0.3 is 0 Å². The van der Waals surface area contributed by atoms with E-state index < -0.39 is 0 Å². The Hall–Kier alpha value is -1.22. The molecule has 1 fully saturated rings. The second-order valence-electron chi connectivity index (χ2n) is 5.47. The first-order chi connectivity index (χ1) is 9.42. The molecule has 0 N–H and O–H groups in total. The van der Waals surface area contributed by atoms with Crippen molar-refractivity contribution in [3.05, 3.63) is 23.8 Å². The first-order valence-corrected chi connectivity index (χ1v) is 7.53. The standard InChI is InChI=1S/C16H23NO2/c1-2-8-17(9-3-1)10-12-18-15-6-7-16-14(13-15)5-4-11-19-16/h6-7,13H,1-5,8-12H2. The van der Waals surface area contributed by atoms with E-state index in [4.69, 9.17) is 9.47 Å². The topological polar surface area (TPSA) is 21.7 Å². The molecular formula is C16H23NO2. The van der Waals surface area contributed by atoms with Gasteiger partial charge in [-0.15, -0.1) is 0 Å². The van der Waals surface area contributed by atoms with Crippen molar-refractivity contribution in [3.8, 4) is 11.5 Å². The molecule has 0 atom stereocenters. The zero-order chi connectivity index (χ0) is 12.9. The molecule has 1 aromatic carbocycles. The van der Waals surface area contributed by atoms with Gasteiger partial charge in [0.15, 0.2) is 0 Å². The summed E-state index contributed by atoms with van der Waals surface area (Å²) in [5.74, 6) is 2.02. The second-order valence-corrected chi connectivity index (χ2v) is 5.47. The molecule has 0 amide bonds. The van der Waals surface area contributed by atoms with E-state index in [1.54, 1.807) is 0 Å². The minimum Gasteiger partial charge on any atom is -0.493 e. The lowest BCUT2D eigenvalue weighted by Gasteiger charge is -2.26. The maximum atomic E-state index is 5.88. The van der Waals surface area contributed by atoms with Crippen LogP contribution in [-0.4, -0.2) is 37.7 Å². The third kappa shape index (κ3) is 3.41. The smallest absolute Gasteiger partial charge is 0.122 e. The molecule has 3 rings (SSSR count). The van der Waals surface area contributed by atoms with Crippen LogP contribution < -0.4 is 9.47 Å². The fourth-order valence-electron chi connectivity index (χ4n) is 2.90. The van der Waals surface area contributed by atoms with Crippen molar-refractivity contribution in [2.24, 2.45) is 0 Å². The fourth-order valence-corrected chi connectivity index (χ4v) is 2.90. The lowest BCUT2D eigenvalue weighted by atomic mass is 10.1. The summed E-state index contributed by atoms with van der Waals surface area (Å²) in [5.41, 5.74) is 1.29. The molecule has 1 aromatic rings. The summed E-state index contributed by atoms with van der Waals surface area (Å²) in [6, 6.07) is 6.22. The Balaban J connectivity index is 1.49. The Kier molecular flexibility index (Phi) is 4.23. The van der Waals surface area contributed by atoms with Gasteiger partial charge in [0.25, 0.3) is 0 Å². The zero-order valence-electron chi connectivity index (χ0n) is 11.6. The van der Waals surface area contributed by atoms with Crippen molar-refractivity contribution < 1.29 is 9.47 Å². The molecule has 0 bridgehead atoms. The first kappa shape index (κ1) is 12.8. The number of nitrogens with zero attached hydrogens (tertiary/aromatic N) is 1. The van der Waals surface area contributed by atoms with Crippen molar-refractivity contribution in [1.82, 2.24) is 4.90 Å². The summed E-state index contributed by atoms with van der Waals surface area (Å²) < 4.78 is 11.5. The van der Waals surface area contributed by atoms with Crippen molar-refractivity contribution in [3.63, 3.8) is 0 Å². The number of fused-ring (bicyclic) bond motifs is 1. The van der Waals surface area contributed by atoms with Gasteiger partial charge in [-0.1, -0.05) is 6.42 Å². The predicted molar refractivity (Wildman–Crippen MR) is 76.0 cm³/mol. The van der Waals surface area contributed by atoms with Gasteiger partial charge in [-0.25, -0.2) is 0 Å². The molecule has 2 aliphatic rings. The van der Waals surface area contributed by atoms with Crippen LogP contribution >= 0.6 is 0 Å².